The summed E-state index contributed by atoms with van der Waals surface area (Å²) in [5, 5.41) is 0.642. The molecular weight excluding hydrogens is 478 g/mol. The van der Waals surface area contributed by atoms with Gasteiger partial charge in [-0.25, -0.2) is 8.42 Å². The molecule has 178 valence electrons. The third-order valence-electron chi connectivity index (χ3n) is 5.51. The third-order valence-corrected chi connectivity index (χ3v) is 8.72. The molecule has 2 aromatic carbocycles. The van der Waals surface area contributed by atoms with E-state index in [1.807, 2.05) is 44.5 Å². The molecule has 3 rings (SSSR count). The normalized spacial score (nSPS) is 12.7. The SMILES string of the molecule is CCCCN(CCCC)S(=O)(=O)c1ccc(C(=O)N=c2sc3cc(Cl)cc(C)c3n2C)cc1. The average molecular weight is 508 g/mol. The van der Waals surface area contributed by atoms with E-state index < -0.39 is 15.9 Å². The summed E-state index contributed by atoms with van der Waals surface area (Å²) in [5.74, 6) is -0.418. The third kappa shape index (κ3) is 5.74. The van der Waals surface area contributed by atoms with Gasteiger partial charge in [-0.3, -0.25) is 4.79 Å². The van der Waals surface area contributed by atoms with Gasteiger partial charge in [-0.2, -0.15) is 9.30 Å². The van der Waals surface area contributed by atoms with Gasteiger partial charge in [0, 0.05) is 30.7 Å². The number of halogens is 1. The van der Waals surface area contributed by atoms with E-state index in [-0.39, 0.29) is 4.90 Å². The zero-order valence-corrected chi connectivity index (χ0v) is 21.9. The van der Waals surface area contributed by atoms with Gasteiger partial charge >= 0.3 is 0 Å². The van der Waals surface area contributed by atoms with E-state index in [0.717, 1.165) is 41.5 Å². The van der Waals surface area contributed by atoms with Gasteiger partial charge in [0.25, 0.3) is 5.91 Å². The zero-order valence-electron chi connectivity index (χ0n) is 19.5. The maximum Gasteiger partial charge on any atom is 0.279 e. The van der Waals surface area contributed by atoms with E-state index in [1.165, 1.54) is 35.6 Å². The minimum absolute atomic E-state index is 0.198. The molecule has 0 saturated carbocycles. The number of amides is 1. The molecule has 1 heterocycles. The molecule has 0 N–H and O–H groups in total. The summed E-state index contributed by atoms with van der Waals surface area (Å²) in [5.41, 5.74) is 2.34. The molecule has 1 aromatic heterocycles. The smallest absolute Gasteiger partial charge is 0.279 e. The average Bonchev–Trinajstić information content (AvgIpc) is 3.08. The van der Waals surface area contributed by atoms with Gasteiger partial charge in [0.15, 0.2) is 4.80 Å². The zero-order chi connectivity index (χ0) is 24.2. The molecule has 0 unspecified atom stereocenters. The van der Waals surface area contributed by atoms with Crippen LogP contribution < -0.4 is 4.80 Å². The molecule has 0 saturated heterocycles. The van der Waals surface area contributed by atoms with Crippen LogP contribution in [0.5, 0.6) is 0 Å². The first kappa shape index (κ1) is 25.6. The van der Waals surface area contributed by atoms with E-state index in [9.17, 15) is 13.2 Å². The highest BCUT2D eigenvalue weighted by Gasteiger charge is 2.23. The summed E-state index contributed by atoms with van der Waals surface area (Å²) in [6.45, 7) is 7.06. The molecule has 3 aromatic rings. The van der Waals surface area contributed by atoms with Crippen molar-refractivity contribution < 1.29 is 13.2 Å². The van der Waals surface area contributed by atoms with Crippen molar-refractivity contribution in [1.29, 1.82) is 0 Å². The lowest BCUT2D eigenvalue weighted by atomic mass is 10.2. The molecule has 0 aliphatic carbocycles. The molecule has 0 aliphatic heterocycles. The summed E-state index contributed by atoms with van der Waals surface area (Å²) in [6.07, 6.45) is 3.48. The summed E-state index contributed by atoms with van der Waals surface area (Å²) >= 11 is 7.55. The number of aromatic nitrogens is 1. The minimum Gasteiger partial charge on any atom is -0.319 e. The van der Waals surface area contributed by atoms with Gasteiger partial charge in [-0.1, -0.05) is 49.6 Å². The van der Waals surface area contributed by atoms with E-state index in [4.69, 9.17) is 11.6 Å². The molecule has 6 nitrogen and oxygen atoms in total. The number of hydrogen-bond donors (Lipinski definition) is 0. The Morgan fingerprint density at radius 2 is 1.70 bits per heavy atom. The van der Waals surface area contributed by atoms with Crippen LogP contribution in [0.1, 0.15) is 55.5 Å². The van der Waals surface area contributed by atoms with Crippen LogP contribution in [0.25, 0.3) is 10.2 Å². The standard InChI is InChI=1S/C24H30ClN3O3S2/c1-5-7-13-28(14-8-6-2)33(30,31)20-11-9-18(10-12-20)23(29)26-24-27(4)22-17(3)15-19(25)16-21(22)32-24/h9-12,15-16H,5-8,13-14H2,1-4H3. The van der Waals surface area contributed by atoms with Crippen molar-refractivity contribution in [2.75, 3.05) is 13.1 Å². The summed E-state index contributed by atoms with van der Waals surface area (Å²) in [7, 11) is -1.74. The number of sulfonamides is 1. The number of rotatable bonds is 9. The van der Waals surface area contributed by atoms with Gasteiger partial charge < -0.3 is 4.57 Å². The molecule has 1 amide bonds. The number of aryl methyl sites for hydroxylation is 2. The number of carbonyl (C=O) groups is 1. The molecule has 0 fully saturated rings. The van der Waals surface area contributed by atoms with Gasteiger partial charge in [0.2, 0.25) is 10.0 Å². The van der Waals surface area contributed by atoms with Crippen LogP contribution in [0.15, 0.2) is 46.3 Å². The van der Waals surface area contributed by atoms with Crippen molar-refractivity contribution in [3.05, 3.63) is 57.3 Å². The molecule has 33 heavy (non-hydrogen) atoms. The summed E-state index contributed by atoms with van der Waals surface area (Å²) < 4.78 is 30.6. The number of carbonyl (C=O) groups excluding carboxylic acids is 1. The number of benzene rings is 2. The highest BCUT2D eigenvalue weighted by Crippen LogP contribution is 2.25. The lowest BCUT2D eigenvalue weighted by Gasteiger charge is -2.22. The van der Waals surface area contributed by atoms with Crippen LogP contribution >= 0.6 is 22.9 Å². The summed E-state index contributed by atoms with van der Waals surface area (Å²) in [6, 6.07) is 9.81. The Balaban J connectivity index is 1.89. The van der Waals surface area contributed by atoms with Gasteiger partial charge in [-0.05, 0) is 61.7 Å². The van der Waals surface area contributed by atoms with Crippen molar-refractivity contribution >= 4 is 49.1 Å². The van der Waals surface area contributed by atoms with Crippen LogP contribution in [0.3, 0.4) is 0 Å². The van der Waals surface area contributed by atoms with Crippen LogP contribution in [0, 0.1) is 6.92 Å². The quantitative estimate of drug-likeness (QED) is 0.382. The Bertz CT molecular complexity index is 1300. The van der Waals surface area contributed by atoms with Crippen molar-refractivity contribution in [2.45, 2.75) is 51.3 Å². The van der Waals surface area contributed by atoms with E-state index in [1.54, 1.807) is 4.31 Å². The fourth-order valence-corrected chi connectivity index (χ4v) is 6.65. The Morgan fingerprint density at radius 3 is 2.27 bits per heavy atom. The van der Waals surface area contributed by atoms with Crippen LogP contribution in [0.4, 0.5) is 0 Å². The predicted octanol–water partition coefficient (Wildman–Crippen LogP) is 5.53. The van der Waals surface area contributed by atoms with Crippen molar-refractivity contribution in [3.63, 3.8) is 0 Å². The maximum absolute atomic E-state index is 13.1. The highest BCUT2D eigenvalue weighted by atomic mass is 35.5. The fraction of sp³-hybridized carbons (Fsp3) is 0.417. The molecular formula is C24H30ClN3O3S2. The highest BCUT2D eigenvalue weighted by molar-refractivity contribution is 7.89. The van der Waals surface area contributed by atoms with E-state index in [2.05, 4.69) is 4.99 Å². The second kappa shape index (κ2) is 11.0. The largest absolute Gasteiger partial charge is 0.319 e. The first-order valence-corrected chi connectivity index (χ1v) is 13.8. The Kier molecular flexibility index (Phi) is 8.50. The monoisotopic (exact) mass is 507 g/mol. The first-order chi connectivity index (χ1) is 15.7. The summed E-state index contributed by atoms with van der Waals surface area (Å²) in [4.78, 5) is 17.9. The molecule has 0 bridgehead atoms. The molecule has 0 aliphatic rings. The van der Waals surface area contributed by atoms with E-state index in [0.29, 0.717) is 28.5 Å². The van der Waals surface area contributed by atoms with Crippen LogP contribution in [0.2, 0.25) is 5.02 Å². The Labute approximate surface area is 204 Å². The van der Waals surface area contributed by atoms with Crippen molar-refractivity contribution in [2.24, 2.45) is 12.0 Å². The van der Waals surface area contributed by atoms with Crippen molar-refractivity contribution in [1.82, 2.24) is 8.87 Å². The van der Waals surface area contributed by atoms with Gasteiger partial charge in [0.05, 0.1) is 15.1 Å². The molecule has 9 heteroatoms. The van der Waals surface area contributed by atoms with Crippen molar-refractivity contribution in [3.8, 4) is 0 Å². The molecule has 0 radical (unpaired) electrons. The molecule has 0 spiro atoms. The second-order valence-corrected chi connectivity index (χ2v) is 11.4. The second-order valence-electron chi connectivity index (χ2n) is 8.07. The van der Waals surface area contributed by atoms with Gasteiger partial charge in [-0.15, -0.1) is 0 Å². The number of fused-ring (bicyclic) bond motifs is 1. The Hall–Kier alpha value is -2.00. The molecule has 0 atom stereocenters. The number of unbranched alkanes of at least 4 members (excludes halogenated alkanes) is 2. The first-order valence-electron chi connectivity index (χ1n) is 11.1. The number of hydrogen-bond acceptors (Lipinski definition) is 4. The fourth-order valence-electron chi connectivity index (χ4n) is 3.66. The van der Waals surface area contributed by atoms with E-state index >= 15 is 0 Å². The maximum atomic E-state index is 13.1. The topological polar surface area (TPSA) is 71.7 Å². The minimum atomic E-state index is -3.60. The predicted molar refractivity (Wildman–Crippen MR) is 135 cm³/mol. The lowest BCUT2D eigenvalue weighted by molar-refractivity contribution is 0.0998. The Morgan fingerprint density at radius 1 is 1.09 bits per heavy atom. The van der Waals surface area contributed by atoms with Crippen LogP contribution in [-0.4, -0.2) is 36.3 Å². The van der Waals surface area contributed by atoms with Gasteiger partial charge in [0.1, 0.15) is 0 Å². The lowest BCUT2D eigenvalue weighted by Crippen LogP contribution is -2.33. The number of nitrogens with zero attached hydrogens (tertiary/aromatic N) is 3. The van der Waals surface area contributed by atoms with Crippen LogP contribution in [-0.2, 0) is 17.1 Å². The number of thiazole rings is 1.